The van der Waals surface area contributed by atoms with E-state index >= 15 is 0 Å². The lowest BCUT2D eigenvalue weighted by Crippen LogP contribution is -2.31. The molecule has 112 valence electrons. The first-order chi connectivity index (χ1) is 9.36. The molecule has 0 fully saturated rings. The van der Waals surface area contributed by atoms with Crippen LogP contribution < -0.4 is 11.1 Å². The zero-order valence-corrected chi connectivity index (χ0v) is 12.6. The summed E-state index contributed by atoms with van der Waals surface area (Å²) in [5.41, 5.74) is 5.80. The minimum Gasteiger partial charge on any atom is -0.399 e. The lowest BCUT2D eigenvalue weighted by molar-refractivity contribution is -0.118. The molecule has 0 unspecified atom stereocenters. The van der Waals surface area contributed by atoms with Crippen molar-refractivity contribution >= 4 is 33.0 Å². The molecule has 1 rings (SSSR count). The topological polar surface area (TPSA) is 98.5 Å². The molecule has 0 aliphatic heterocycles. The predicted molar refractivity (Wildman–Crippen MR) is 77.4 cm³/mol. The third-order valence-electron chi connectivity index (χ3n) is 2.46. The molecule has 3 N–H and O–H groups in total. The number of carbonyl (C=O) groups is 1. The Morgan fingerprint density at radius 3 is 2.80 bits per heavy atom. The van der Waals surface area contributed by atoms with Crippen molar-refractivity contribution < 1.29 is 17.9 Å². The van der Waals surface area contributed by atoms with Gasteiger partial charge in [-0.3, -0.25) is 4.79 Å². The van der Waals surface area contributed by atoms with Crippen molar-refractivity contribution in [1.82, 2.24) is 5.32 Å². The quantitative estimate of drug-likeness (QED) is 0.573. The number of rotatable bonds is 7. The Kier molecular flexibility index (Phi) is 6.25. The molecule has 0 saturated heterocycles. The number of anilines is 1. The van der Waals surface area contributed by atoms with Gasteiger partial charge in [0.25, 0.3) is 0 Å². The van der Waals surface area contributed by atoms with Crippen molar-refractivity contribution in [3.8, 4) is 0 Å². The molecule has 20 heavy (non-hydrogen) atoms. The molecule has 0 aliphatic rings. The number of nitrogens with two attached hydrogens (primary N) is 1. The van der Waals surface area contributed by atoms with E-state index in [1.807, 2.05) is 0 Å². The highest BCUT2D eigenvalue weighted by atomic mass is 35.5. The second-order valence-electron chi connectivity index (χ2n) is 4.15. The van der Waals surface area contributed by atoms with Crippen molar-refractivity contribution in [3.05, 3.63) is 23.2 Å². The molecule has 6 nitrogen and oxygen atoms in total. The molecule has 0 bridgehead atoms. The Morgan fingerprint density at radius 2 is 2.15 bits per heavy atom. The van der Waals surface area contributed by atoms with E-state index in [9.17, 15) is 13.2 Å². The molecule has 0 atom stereocenters. The second kappa shape index (κ2) is 7.47. The Morgan fingerprint density at radius 1 is 1.45 bits per heavy atom. The molecule has 0 aliphatic carbocycles. The average Bonchev–Trinajstić information content (AvgIpc) is 2.37. The molecule has 0 heterocycles. The maximum atomic E-state index is 12.1. The van der Waals surface area contributed by atoms with E-state index in [2.05, 4.69) is 5.32 Å². The largest absolute Gasteiger partial charge is 0.399 e. The Hall–Kier alpha value is -1.31. The third-order valence-corrected chi connectivity index (χ3v) is 4.55. The summed E-state index contributed by atoms with van der Waals surface area (Å²) in [4.78, 5) is 11.5. The van der Waals surface area contributed by atoms with Gasteiger partial charge in [-0.25, -0.2) is 8.42 Å². The van der Waals surface area contributed by atoms with E-state index in [1.54, 1.807) is 7.11 Å². The van der Waals surface area contributed by atoms with Gasteiger partial charge in [0.1, 0.15) is 5.75 Å². The Bertz CT molecular complexity index is 575. The maximum Gasteiger partial charge on any atom is 0.235 e. The summed E-state index contributed by atoms with van der Waals surface area (Å²) in [6.45, 7) is 0.848. The van der Waals surface area contributed by atoms with Crippen molar-refractivity contribution in [3.63, 3.8) is 0 Å². The normalized spacial score (nSPS) is 11.3. The Balaban J connectivity index is 2.70. The van der Waals surface area contributed by atoms with Gasteiger partial charge >= 0.3 is 0 Å². The highest BCUT2D eigenvalue weighted by molar-refractivity contribution is 7.92. The lowest BCUT2D eigenvalue weighted by atomic mass is 10.3. The molecular weight excluding hydrogens is 304 g/mol. The first-order valence-corrected chi connectivity index (χ1v) is 7.93. The molecule has 0 saturated carbocycles. The number of hydrogen-bond donors (Lipinski definition) is 2. The van der Waals surface area contributed by atoms with Crippen LogP contribution in [0.5, 0.6) is 0 Å². The van der Waals surface area contributed by atoms with Crippen LogP contribution >= 0.6 is 11.6 Å². The molecule has 1 aromatic rings. The molecule has 0 radical (unpaired) electrons. The number of carbonyl (C=O) groups excluding carboxylic acids is 1. The van der Waals surface area contributed by atoms with Crippen LogP contribution in [-0.2, 0) is 19.4 Å². The minimum absolute atomic E-state index is 0.0476. The fourth-order valence-corrected chi connectivity index (χ4v) is 3.26. The zero-order valence-electron chi connectivity index (χ0n) is 11.1. The zero-order chi connectivity index (χ0) is 15.2. The van der Waals surface area contributed by atoms with Gasteiger partial charge in [-0.1, -0.05) is 11.6 Å². The van der Waals surface area contributed by atoms with E-state index in [0.717, 1.165) is 0 Å². The number of sulfone groups is 1. The fourth-order valence-electron chi connectivity index (χ4n) is 1.50. The van der Waals surface area contributed by atoms with E-state index in [1.165, 1.54) is 18.2 Å². The Labute approximate surface area is 123 Å². The summed E-state index contributed by atoms with van der Waals surface area (Å²) >= 11 is 5.83. The number of halogens is 1. The number of benzene rings is 1. The number of nitrogen functional groups attached to an aromatic ring is 1. The van der Waals surface area contributed by atoms with Gasteiger partial charge in [0.05, 0.1) is 9.92 Å². The van der Waals surface area contributed by atoms with Crippen LogP contribution in [0.15, 0.2) is 23.1 Å². The number of nitrogens with one attached hydrogen (secondary N) is 1. The van der Waals surface area contributed by atoms with Crippen molar-refractivity contribution in [2.45, 2.75) is 11.3 Å². The van der Waals surface area contributed by atoms with E-state index < -0.39 is 21.5 Å². The van der Waals surface area contributed by atoms with Gasteiger partial charge < -0.3 is 15.8 Å². The summed E-state index contributed by atoms with van der Waals surface area (Å²) < 4.78 is 29.0. The SMILES string of the molecule is COCCCNC(=O)CS(=O)(=O)c1cc(N)ccc1Cl. The third kappa shape index (κ3) is 4.99. The minimum atomic E-state index is -3.81. The van der Waals surface area contributed by atoms with Gasteiger partial charge in [0, 0.05) is 25.9 Å². The molecule has 1 aromatic carbocycles. The van der Waals surface area contributed by atoms with Crippen LogP contribution in [0.3, 0.4) is 0 Å². The number of hydrogen-bond acceptors (Lipinski definition) is 5. The van der Waals surface area contributed by atoms with Crippen molar-refractivity contribution in [2.75, 3.05) is 31.7 Å². The van der Waals surface area contributed by atoms with Gasteiger partial charge in [0.2, 0.25) is 5.91 Å². The summed E-state index contributed by atoms with van der Waals surface area (Å²) in [6.07, 6.45) is 0.612. The average molecular weight is 321 g/mol. The molecule has 1 amide bonds. The number of ether oxygens (including phenoxy) is 1. The molecule has 0 aromatic heterocycles. The van der Waals surface area contributed by atoms with Crippen LogP contribution in [0.25, 0.3) is 0 Å². The van der Waals surface area contributed by atoms with Crippen LogP contribution in [0, 0.1) is 0 Å². The highest BCUT2D eigenvalue weighted by Crippen LogP contribution is 2.24. The first-order valence-electron chi connectivity index (χ1n) is 5.90. The first kappa shape index (κ1) is 16.7. The monoisotopic (exact) mass is 320 g/mol. The van der Waals surface area contributed by atoms with E-state index in [-0.39, 0.29) is 15.6 Å². The van der Waals surface area contributed by atoms with Crippen LogP contribution in [0.4, 0.5) is 5.69 Å². The molecular formula is C12H17ClN2O4S. The smallest absolute Gasteiger partial charge is 0.235 e. The van der Waals surface area contributed by atoms with E-state index in [0.29, 0.717) is 19.6 Å². The second-order valence-corrected chi connectivity index (χ2v) is 6.51. The van der Waals surface area contributed by atoms with Gasteiger partial charge in [0.15, 0.2) is 9.84 Å². The van der Waals surface area contributed by atoms with Crippen LogP contribution in [0.2, 0.25) is 5.02 Å². The van der Waals surface area contributed by atoms with Crippen molar-refractivity contribution in [2.24, 2.45) is 0 Å². The van der Waals surface area contributed by atoms with Gasteiger partial charge in [-0.2, -0.15) is 0 Å². The summed E-state index contributed by atoms with van der Waals surface area (Å²) in [6, 6.07) is 4.13. The van der Waals surface area contributed by atoms with Gasteiger partial charge in [-0.05, 0) is 24.6 Å². The van der Waals surface area contributed by atoms with Gasteiger partial charge in [-0.15, -0.1) is 0 Å². The number of amides is 1. The van der Waals surface area contributed by atoms with Crippen LogP contribution in [0.1, 0.15) is 6.42 Å². The summed E-state index contributed by atoms with van der Waals surface area (Å²) in [5.74, 6) is -1.25. The van der Waals surface area contributed by atoms with Crippen molar-refractivity contribution in [1.29, 1.82) is 0 Å². The number of methoxy groups -OCH3 is 1. The molecule has 0 spiro atoms. The fraction of sp³-hybridized carbons (Fsp3) is 0.417. The summed E-state index contributed by atoms with van der Waals surface area (Å²) in [7, 11) is -2.26. The summed E-state index contributed by atoms with van der Waals surface area (Å²) in [5, 5.41) is 2.55. The highest BCUT2D eigenvalue weighted by Gasteiger charge is 2.22. The predicted octanol–water partition coefficient (Wildman–Crippen LogP) is 0.849. The van der Waals surface area contributed by atoms with E-state index in [4.69, 9.17) is 22.1 Å². The maximum absolute atomic E-state index is 12.1. The molecule has 8 heteroatoms. The van der Waals surface area contributed by atoms with Crippen LogP contribution in [-0.4, -0.2) is 40.3 Å². The lowest BCUT2D eigenvalue weighted by Gasteiger charge is -2.08. The standard InChI is InChI=1S/C12H17ClN2O4S/c1-19-6-2-5-15-12(16)8-20(17,18)11-7-9(14)3-4-10(11)13/h3-4,7H,2,5-6,8,14H2,1H3,(H,15,16).